The highest BCUT2D eigenvalue weighted by Gasteiger charge is 2.23. The Hall–Kier alpha value is -3.37. The van der Waals surface area contributed by atoms with Crippen LogP contribution in [-0.4, -0.2) is 54.2 Å². The second-order valence-electron chi connectivity index (χ2n) is 7.02. The third-order valence-corrected chi connectivity index (χ3v) is 3.35. The average Bonchev–Trinajstić information content (AvgIpc) is 2.60. The molecular formula is C17H23N7O4. The van der Waals surface area contributed by atoms with Crippen molar-refractivity contribution >= 4 is 23.8 Å². The summed E-state index contributed by atoms with van der Waals surface area (Å²) < 4.78 is 5.09. The number of alkyl carbamates (subject to hydrolysis) is 1. The first-order valence-electron chi connectivity index (χ1n) is 8.60. The van der Waals surface area contributed by atoms with Gasteiger partial charge in [0.1, 0.15) is 17.5 Å². The normalized spacial score (nSPS) is 12.1. The zero-order chi connectivity index (χ0) is 20.7. The molecule has 2 heterocycles. The van der Waals surface area contributed by atoms with Crippen LogP contribution in [0.25, 0.3) is 0 Å². The minimum atomic E-state index is -1.13. The lowest BCUT2D eigenvalue weighted by atomic mass is 10.1. The van der Waals surface area contributed by atoms with Crippen LogP contribution in [0.2, 0.25) is 0 Å². The Morgan fingerprint density at radius 3 is 2.39 bits per heavy atom. The van der Waals surface area contributed by atoms with Gasteiger partial charge in [-0.15, -0.1) is 20.4 Å². The highest BCUT2D eigenvalue weighted by molar-refractivity contribution is 5.80. The average molecular weight is 389 g/mol. The summed E-state index contributed by atoms with van der Waals surface area (Å²) in [6.07, 6.45) is 1.43. The first-order chi connectivity index (χ1) is 13.1. The van der Waals surface area contributed by atoms with Gasteiger partial charge in [0.05, 0.1) is 0 Å². The van der Waals surface area contributed by atoms with E-state index in [2.05, 4.69) is 36.0 Å². The molecule has 11 nitrogen and oxygen atoms in total. The summed E-state index contributed by atoms with van der Waals surface area (Å²) >= 11 is 0. The van der Waals surface area contributed by atoms with Crippen molar-refractivity contribution in [2.45, 2.75) is 52.2 Å². The molecule has 0 aromatic carbocycles. The number of aromatic nitrogens is 5. The number of nitrogens with zero attached hydrogens (tertiary/aromatic N) is 5. The Morgan fingerprint density at radius 1 is 1.18 bits per heavy atom. The summed E-state index contributed by atoms with van der Waals surface area (Å²) in [4.78, 5) is 27.4. The number of hydrogen-bond donors (Lipinski definition) is 3. The lowest BCUT2D eigenvalue weighted by Crippen LogP contribution is -2.43. The number of anilines is 2. The van der Waals surface area contributed by atoms with Crippen molar-refractivity contribution in [3.63, 3.8) is 0 Å². The number of carboxylic acid groups (broad SMARTS) is 1. The van der Waals surface area contributed by atoms with Crippen LogP contribution in [-0.2, 0) is 16.0 Å². The number of nitrogens with one attached hydrogen (secondary N) is 2. The molecule has 2 aromatic heterocycles. The highest BCUT2D eigenvalue weighted by atomic mass is 16.6. The number of carbonyl (C=O) groups is 2. The molecule has 1 amide bonds. The molecule has 0 unspecified atom stereocenters. The van der Waals surface area contributed by atoms with Crippen molar-refractivity contribution in [2.75, 3.05) is 5.32 Å². The predicted octanol–water partition coefficient (Wildman–Crippen LogP) is 1.62. The van der Waals surface area contributed by atoms with E-state index in [-0.39, 0.29) is 12.4 Å². The topological polar surface area (TPSA) is 152 Å². The van der Waals surface area contributed by atoms with Crippen molar-refractivity contribution in [1.29, 1.82) is 0 Å². The zero-order valence-electron chi connectivity index (χ0n) is 16.1. The lowest BCUT2D eigenvalue weighted by molar-refractivity contribution is -0.139. The van der Waals surface area contributed by atoms with E-state index in [0.29, 0.717) is 18.1 Å². The number of aryl methyl sites for hydroxylation is 2. The van der Waals surface area contributed by atoms with Gasteiger partial charge in [0.25, 0.3) is 5.95 Å². The van der Waals surface area contributed by atoms with Gasteiger partial charge in [-0.1, -0.05) is 6.07 Å². The second kappa shape index (κ2) is 9.02. The summed E-state index contributed by atoms with van der Waals surface area (Å²) in [5, 5.41) is 29.8. The van der Waals surface area contributed by atoms with E-state index >= 15 is 0 Å². The van der Waals surface area contributed by atoms with Gasteiger partial charge in [0.2, 0.25) is 0 Å². The van der Waals surface area contributed by atoms with Crippen LogP contribution in [0.15, 0.2) is 18.3 Å². The predicted molar refractivity (Wildman–Crippen MR) is 99.0 cm³/mol. The molecular weight excluding hydrogens is 366 g/mol. The number of carboxylic acids is 1. The molecule has 0 saturated heterocycles. The Balaban J connectivity index is 1.90. The van der Waals surface area contributed by atoms with Gasteiger partial charge in [-0.05, 0) is 52.2 Å². The van der Waals surface area contributed by atoms with Gasteiger partial charge in [-0.25, -0.2) is 14.6 Å². The maximum Gasteiger partial charge on any atom is 0.408 e. The van der Waals surface area contributed by atoms with Gasteiger partial charge in [0, 0.05) is 6.20 Å². The van der Waals surface area contributed by atoms with E-state index in [9.17, 15) is 14.7 Å². The van der Waals surface area contributed by atoms with Crippen LogP contribution in [0, 0.1) is 6.92 Å². The fraction of sp³-hybridized carbons (Fsp3) is 0.471. The third-order valence-electron chi connectivity index (χ3n) is 3.35. The molecule has 0 spiro atoms. The van der Waals surface area contributed by atoms with Gasteiger partial charge in [-0.3, -0.25) is 0 Å². The van der Waals surface area contributed by atoms with Crippen molar-refractivity contribution in [2.24, 2.45) is 0 Å². The molecule has 2 aromatic rings. The van der Waals surface area contributed by atoms with Crippen LogP contribution < -0.4 is 10.6 Å². The van der Waals surface area contributed by atoms with Crippen molar-refractivity contribution in [3.8, 4) is 0 Å². The molecule has 0 aliphatic rings. The SMILES string of the molecule is Cc1nnc(Nc2ccc(CC[C@H](NC(=O)OC(C)(C)C)C(=O)O)cn2)nn1. The van der Waals surface area contributed by atoms with Gasteiger partial charge >= 0.3 is 12.1 Å². The Bertz CT molecular complexity index is 804. The van der Waals surface area contributed by atoms with E-state index in [1.807, 2.05) is 0 Å². The summed E-state index contributed by atoms with van der Waals surface area (Å²) in [5.74, 6) is 0.0478. The molecule has 150 valence electrons. The van der Waals surface area contributed by atoms with Crippen molar-refractivity contribution in [3.05, 3.63) is 29.7 Å². The van der Waals surface area contributed by atoms with Gasteiger partial charge < -0.3 is 20.5 Å². The van der Waals surface area contributed by atoms with E-state index in [0.717, 1.165) is 5.56 Å². The third kappa shape index (κ3) is 7.09. The Morgan fingerprint density at radius 2 is 1.86 bits per heavy atom. The Labute approximate surface area is 162 Å². The van der Waals surface area contributed by atoms with Crippen molar-refractivity contribution in [1.82, 2.24) is 30.7 Å². The maximum atomic E-state index is 11.8. The monoisotopic (exact) mass is 389 g/mol. The molecule has 3 N–H and O–H groups in total. The van der Waals surface area contributed by atoms with E-state index in [4.69, 9.17) is 4.74 Å². The number of ether oxygens (including phenoxy) is 1. The second-order valence-corrected chi connectivity index (χ2v) is 7.02. The molecule has 11 heteroatoms. The van der Waals surface area contributed by atoms with Gasteiger partial charge in [-0.2, -0.15) is 0 Å². The van der Waals surface area contributed by atoms with Crippen LogP contribution >= 0.6 is 0 Å². The fourth-order valence-corrected chi connectivity index (χ4v) is 2.11. The first kappa shape index (κ1) is 20.9. The number of aliphatic carboxylic acids is 1. The summed E-state index contributed by atoms with van der Waals surface area (Å²) in [7, 11) is 0. The van der Waals surface area contributed by atoms with E-state index < -0.39 is 23.7 Å². The quantitative estimate of drug-likeness (QED) is 0.637. The van der Waals surface area contributed by atoms with Crippen LogP contribution in [0.1, 0.15) is 38.6 Å². The van der Waals surface area contributed by atoms with Crippen LogP contribution in [0.5, 0.6) is 0 Å². The molecule has 0 radical (unpaired) electrons. The van der Waals surface area contributed by atoms with E-state index in [1.165, 1.54) is 0 Å². The number of pyridine rings is 1. The molecule has 28 heavy (non-hydrogen) atoms. The minimum Gasteiger partial charge on any atom is -0.480 e. The van der Waals surface area contributed by atoms with E-state index in [1.54, 1.807) is 46.0 Å². The van der Waals surface area contributed by atoms with Crippen molar-refractivity contribution < 1.29 is 19.4 Å². The number of amides is 1. The fourth-order valence-electron chi connectivity index (χ4n) is 2.11. The summed E-state index contributed by atoms with van der Waals surface area (Å²) in [5.41, 5.74) is 0.107. The Kier molecular flexibility index (Phi) is 6.74. The summed E-state index contributed by atoms with van der Waals surface area (Å²) in [6, 6.07) is 2.43. The smallest absolute Gasteiger partial charge is 0.408 e. The molecule has 2 rings (SSSR count). The molecule has 0 bridgehead atoms. The molecule has 1 atom stereocenters. The number of hydrogen-bond acceptors (Lipinski definition) is 9. The maximum absolute atomic E-state index is 11.8. The standard InChI is InChI=1S/C17H23N7O4/c1-10-21-23-15(24-22-10)20-13-8-6-11(9-18-13)5-7-12(14(25)26)19-16(27)28-17(2,3)4/h6,8-9,12H,5,7H2,1-4H3,(H,19,27)(H,25,26)(H,18,20,23,24)/t12-/m0/s1. The number of carbonyl (C=O) groups excluding carboxylic acids is 1. The minimum absolute atomic E-state index is 0.192. The molecule has 0 saturated carbocycles. The van der Waals surface area contributed by atoms with Gasteiger partial charge in [0.15, 0.2) is 5.82 Å². The van der Waals surface area contributed by atoms with Crippen LogP contribution in [0.3, 0.4) is 0 Å². The zero-order valence-corrected chi connectivity index (χ0v) is 16.1. The first-order valence-corrected chi connectivity index (χ1v) is 8.60. The number of rotatable bonds is 7. The lowest BCUT2D eigenvalue weighted by Gasteiger charge is -2.22. The summed E-state index contributed by atoms with van der Waals surface area (Å²) in [6.45, 7) is 6.80. The van der Waals surface area contributed by atoms with Crippen LogP contribution in [0.4, 0.5) is 16.6 Å². The largest absolute Gasteiger partial charge is 0.480 e. The molecule has 0 aliphatic heterocycles. The highest BCUT2D eigenvalue weighted by Crippen LogP contribution is 2.12. The molecule has 0 fully saturated rings. The molecule has 0 aliphatic carbocycles.